The number of fused-ring (bicyclic) bond motifs is 1. The zero-order valence-electron chi connectivity index (χ0n) is 12.6. The van der Waals surface area contributed by atoms with Gasteiger partial charge in [0.25, 0.3) is 5.56 Å². The number of aliphatic carboxylic acids is 1. The van der Waals surface area contributed by atoms with Crippen LogP contribution >= 0.6 is 11.3 Å². The van der Waals surface area contributed by atoms with Crippen molar-refractivity contribution in [2.24, 2.45) is 0 Å². The van der Waals surface area contributed by atoms with Crippen molar-refractivity contribution < 1.29 is 9.90 Å². The van der Waals surface area contributed by atoms with Crippen molar-refractivity contribution in [1.29, 1.82) is 0 Å². The van der Waals surface area contributed by atoms with E-state index in [-0.39, 0.29) is 18.5 Å². The molecule has 0 aliphatic heterocycles. The first kappa shape index (κ1) is 15.7. The van der Waals surface area contributed by atoms with Gasteiger partial charge in [-0.05, 0) is 33.5 Å². The van der Waals surface area contributed by atoms with Crippen molar-refractivity contribution >= 4 is 27.5 Å². The van der Waals surface area contributed by atoms with Gasteiger partial charge in [-0.25, -0.2) is 4.98 Å². The normalized spacial score (nSPS) is 11.5. The summed E-state index contributed by atoms with van der Waals surface area (Å²) in [6, 6.07) is 0. The summed E-state index contributed by atoms with van der Waals surface area (Å²) in [5, 5.41) is 9.48. The van der Waals surface area contributed by atoms with E-state index in [4.69, 9.17) is 5.11 Å². The number of hydrogen-bond acceptors (Lipinski definition) is 5. The fourth-order valence-corrected chi connectivity index (χ4v) is 3.25. The van der Waals surface area contributed by atoms with Crippen LogP contribution in [0.4, 0.5) is 0 Å². The van der Waals surface area contributed by atoms with E-state index >= 15 is 0 Å². The van der Waals surface area contributed by atoms with Crippen LogP contribution in [0.2, 0.25) is 0 Å². The summed E-state index contributed by atoms with van der Waals surface area (Å²) in [6.07, 6.45) is -0.0876. The van der Waals surface area contributed by atoms with E-state index in [0.717, 1.165) is 15.3 Å². The van der Waals surface area contributed by atoms with Gasteiger partial charge in [-0.15, -0.1) is 11.3 Å². The molecule has 6 nitrogen and oxygen atoms in total. The first-order valence-corrected chi connectivity index (χ1v) is 7.49. The monoisotopic (exact) mass is 309 g/mol. The topological polar surface area (TPSA) is 75.4 Å². The Morgan fingerprint density at radius 1 is 1.38 bits per heavy atom. The maximum atomic E-state index is 12.7. The molecule has 0 amide bonds. The van der Waals surface area contributed by atoms with Gasteiger partial charge in [0.15, 0.2) is 0 Å². The third kappa shape index (κ3) is 3.14. The lowest BCUT2D eigenvalue weighted by Crippen LogP contribution is -2.29. The highest BCUT2D eigenvalue weighted by molar-refractivity contribution is 7.18. The van der Waals surface area contributed by atoms with Crippen LogP contribution < -0.4 is 5.56 Å². The lowest BCUT2D eigenvalue weighted by molar-refractivity contribution is -0.137. The fourth-order valence-electron chi connectivity index (χ4n) is 2.21. The first-order valence-electron chi connectivity index (χ1n) is 6.67. The number of nitrogens with zero attached hydrogens (tertiary/aromatic N) is 3. The summed E-state index contributed by atoms with van der Waals surface area (Å²) in [6.45, 7) is 4.52. The maximum Gasteiger partial charge on any atom is 0.305 e. The Hall–Kier alpha value is -1.73. The van der Waals surface area contributed by atoms with Crippen LogP contribution in [0.1, 0.15) is 22.7 Å². The van der Waals surface area contributed by atoms with Crippen molar-refractivity contribution in [3.8, 4) is 0 Å². The molecule has 0 aliphatic rings. The predicted molar refractivity (Wildman–Crippen MR) is 83.0 cm³/mol. The van der Waals surface area contributed by atoms with Crippen LogP contribution in [0.5, 0.6) is 0 Å². The SMILES string of the molecule is Cc1sc2nc(CN(C)C)n(CCC(=O)O)c(=O)c2c1C. The summed E-state index contributed by atoms with van der Waals surface area (Å²) in [5.41, 5.74) is 0.799. The van der Waals surface area contributed by atoms with Crippen molar-refractivity contribution in [3.63, 3.8) is 0 Å². The Morgan fingerprint density at radius 3 is 2.62 bits per heavy atom. The molecule has 0 spiro atoms. The zero-order chi connectivity index (χ0) is 15.7. The number of carboxylic acid groups (broad SMARTS) is 1. The molecule has 1 N–H and O–H groups in total. The Balaban J connectivity index is 2.64. The van der Waals surface area contributed by atoms with Crippen LogP contribution in [-0.2, 0) is 17.9 Å². The van der Waals surface area contributed by atoms with E-state index in [2.05, 4.69) is 4.98 Å². The summed E-state index contributed by atoms with van der Waals surface area (Å²) < 4.78 is 1.50. The molecule has 0 aliphatic carbocycles. The van der Waals surface area contributed by atoms with E-state index in [9.17, 15) is 9.59 Å². The molecule has 2 heterocycles. The van der Waals surface area contributed by atoms with Gasteiger partial charge in [0.05, 0.1) is 18.4 Å². The number of thiophene rings is 1. The van der Waals surface area contributed by atoms with Crippen molar-refractivity contribution in [3.05, 3.63) is 26.6 Å². The Morgan fingerprint density at radius 2 is 2.05 bits per heavy atom. The van der Waals surface area contributed by atoms with Crippen LogP contribution in [0.25, 0.3) is 10.2 Å². The summed E-state index contributed by atoms with van der Waals surface area (Å²) >= 11 is 1.51. The number of carbonyl (C=O) groups is 1. The highest BCUT2D eigenvalue weighted by atomic mass is 32.1. The molecule has 2 aromatic rings. The molecular weight excluding hydrogens is 290 g/mol. The van der Waals surface area contributed by atoms with Gasteiger partial charge < -0.3 is 10.0 Å². The molecule has 0 atom stereocenters. The molecule has 0 bridgehead atoms. The third-order valence-corrected chi connectivity index (χ3v) is 4.48. The lowest BCUT2D eigenvalue weighted by atomic mass is 10.2. The molecule has 0 saturated heterocycles. The van der Waals surface area contributed by atoms with E-state index in [1.165, 1.54) is 15.9 Å². The minimum absolute atomic E-state index is 0.0876. The second kappa shape index (κ2) is 5.95. The van der Waals surface area contributed by atoms with Crippen molar-refractivity contribution in [2.45, 2.75) is 33.4 Å². The fraction of sp³-hybridized carbons (Fsp3) is 0.500. The van der Waals surface area contributed by atoms with Gasteiger partial charge in [0.2, 0.25) is 0 Å². The third-order valence-electron chi connectivity index (χ3n) is 3.37. The second-order valence-electron chi connectivity index (χ2n) is 5.33. The van der Waals surface area contributed by atoms with E-state index in [1.54, 1.807) is 0 Å². The molecule has 2 rings (SSSR count). The van der Waals surface area contributed by atoms with E-state index < -0.39 is 5.97 Å². The number of rotatable bonds is 5. The zero-order valence-corrected chi connectivity index (χ0v) is 13.5. The molecule has 21 heavy (non-hydrogen) atoms. The molecule has 0 radical (unpaired) electrons. The maximum absolute atomic E-state index is 12.7. The van der Waals surface area contributed by atoms with Crippen molar-refractivity contribution in [1.82, 2.24) is 14.5 Å². The largest absolute Gasteiger partial charge is 0.481 e. The lowest BCUT2D eigenvalue weighted by Gasteiger charge is -2.15. The first-order chi connectivity index (χ1) is 9.81. The van der Waals surface area contributed by atoms with Crippen LogP contribution in [0, 0.1) is 13.8 Å². The van der Waals surface area contributed by atoms with Gasteiger partial charge in [0.1, 0.15) is 10.7 Å². The Kier molecular flexibility index (Phi) is 4.43. The van der Waals surface area contributed by atoms with Gasteiger partial charge in [-0.3, -0.25) is 14.2 Å². The predicted octanol–water partition coefficient (Wildman–Crippen LogP) is 1.61. The Bertz CT molecular complexity index is 746. The number of aryl methyl sites for hydroxylation is 2. The summed E-state index contributed by atoms with van der Waals surface area (Å²) in [7, 11) is 3.78. The quantitative estimate of drug-likeness (QED) is 0.908. The molecule has 0 fully saturated rings. The molecule has 0 aromatic carbocycles. The minimum Gasteiger partial charge on any atom is -0.481 e. The molecular formula is C14H19N3O3S. The van der Waals surface area contributed by atoms with Crippen LogP contribution in [0.3, 0.4) is 0 Å². The Labute approximate surface area is 126 Å². The average molecular weight is 309 g/mol. The summed E-state index contributed by atoms with van der Waals surface area (Å²) in [5.74, 6) is -0.309. The highest BCUT2D eigenvalue weighted by Gasteiger charge is 2.17. The highest BCUT2D eigenvalue weighted by Crippen LogP contribution is 2.26. The van der Waals surface area contributed by atoms with Crippen molar-refractivity contribution in [2.75, 3.05) is 14.1 Å². The van der Waals surface area contributed by atoms with E-state index in [0.29, 0.717) is 17.8 Å². The van der Waals surface area contributed by atoms with Gasteiger partial charge in [0, 0.05) is 11.4 Å². The molecule has 114 valence electrons. The number of aromatic nitrogens is 2. The molecule has 2 aromatic heterocycles. The van der Waals surface area contributed by atoms with Gasteiger partial charge in [-0.2, -0.15) is 0 Å². The molecule has 7 heteroatoms. The average Bonchev–Trinajstić information content (AvgIpc) is 2.63. The number of hydrogen-bond donors (Lipinski definition) is 1. The summed E-state index contributed by atoms with van der Waals surface area (Å²) in [4.78, 5) is 31.8. The number of carboxylic acids is 1. The second-order valence-corrected chi connectivity index (χ2v) is 6.53. The standard InChI is InChI=1S/C14H19N3O3S/c1-8-9(2)21-13-12(8)14(20)17(6-5-11(18)19)10(15-13)7-16(3)4/h5-7H2,1-4H3,(H,18,19). The minimum atomic E-state index is -0.920. The van der Waals surface area contributed by atoms with E-state index in [1.807, 2.05) is 32.8 Å². The molecule has 0 saturated carbocycles. The van der Waals surface area contributed by atoms with Crippen LogP contribution in [0.15, 0.2) is 4.79 Å². The van der Waals surface area contributed by atoms with Gasteiger partial charge in [-0.1, -0.05) is 0 Å². The smallest absolute Gasteiger partial charge is 0.305 e. The van der Waals surface area contributed by atoms with Crippen LogP contribution in [-0.4, -0.2) is 39.6 Å². The van der Waals surface area contributed by atoms with Gasteiger partial charge >= 0.3 is 5.97 Å². The molecule has 0 unspecified atom stereocenters.